The summed E-state index contributed by atoms with van der Waals surface area (Å²) in [5, 5.41) is 79.1. The van der Waals surface area contributed by atoms with Gasteiger partial charge in [0.15, 0.2) is 5.78 Å². The number of ketones is 1. The van der Waals surface area contributed by atoms with Crippen molar-refractivity contribution in [3.63, 3.8) is 0 Å². The number of carboxylic acids is 6. The van der Waals surface area contributed by atoms with E-state index in [2.05, 4.69) is 26.6 Å². The van der Waals surface area contributed by atoms with Crippen LogP contribution in [0.4, 0.5) is 10.5 Å². The molecule has 0 spiro atoms. The number of carboxylic acid groups (broad SMARTS) is 6. The van der Waals surface area contributed by atoms with Gasteiger partial charge in [-0.25, -0.2) is 4.79 Å². The first kappa shape index (κ1) is 73.7. The average Bonchev–Trinajstić information content (AvgIpc) is 3.18. The standard InChI is InChI=1S/C38H58N8O16S2.4CH4.Gd/c1-24(47)28(43-37(61)29(39-2)8-10-31(49)50)7-9-30(48)40-11-15-63-64-16-12-41-38(62)42-26-5-3-25(4-6-26)17-27(46(22-35(57)58)23-36(59)60)18-44(19-32(51)52)13-14-45(20-33(53)54)21-34(55)56;;;;;/h3-6,27-29,39H,7-23H2,1-2H3,(H,40,48)(H,43,61)(H,49,50)(H,51,52)(H,53,54)(H,55,56)(H,57,58)(H,59,60)(H2,41,42,62);4*1H4;/q;;;;;+3/p-5. The van der Waals surface area contributed by atoms with Crippen LogP contribution in [-0.2, 0) is 49.6 Å². The van der Waals surface area contributed by atoms with Gasteiger partial charge in [0.25, 0.3) is 0 Å². The van der Waals surface area contributed by atoms with Gasteiger partial charge >= 0.3 is 51.9 Å². The summed E-state index contributed by atoms with van der Waals surface area (Å²) in [4.78, 5) is 120. The number of hydrogen-bond donors (Lipinski definition) is 6. The van der Waals surface area contributed by atoms with Crippen LogP contribution >= 0.6 is 21.6 Å². The Morgan fingerprint density at radius 2 is 1.12 bits per heavy atom. The topological polar surface area (TPSA) is 376 Å². The minimum atomic E-state index is -1.64. The third-order valence-electron chi connectivity index (χ3n) is 8.96. The van der Waals surface area contributed by atoms with Gasteiger partial charge in [0.1, 0.15) is 0 Å². The van der Waals surface area contributed by atoms with Gasteiger partial charge in [0.2, 0.25) is 11.8 Å². The number of urea groups is 1. The van der Waals surface area contributed by atoms with Crippen LogP contribution < -0.4 is 52.1 Å². The van der Waals surface area contributed by atoms with E-state index in [1.54, 1.807) is 12.1 Å². The Balaban J connectivity index is -0.00000273. The first-order chi connectivity index (χ1) is 30.2. The predicted octanol–water partition coefficient (Wildman–Crippen LogP) is -5.28. The maximum Gasteiger partial charge on any atom is 3.00 e. The van der Waals surface area contributed by atoms with Crippen molar-refractivity contribution in [2.45, 2.75) is 86.9 Å². The minimum Gasteiger partial charge on any atom is -0.549 e. The van der Waals surface area contributed by atoms with E-state index in [1.165, 1.54) is 52.6 Å². The normalized spacial score (nSPS) is 11.6. The third kappa shape index (κ3) is 36.4. The number of nitrogens with one attached hydrogen (secondary N) is 5. The Morgan fingerprint density at radius 1 is 0.652 bits per heavy atom. The van der Waals surface area contributed by atoms with Crippen LogP contribution in [-0.4, -0.2) is 181 Å². The van der Waals surface area contributed by atoms with Crippen molar-refractivity contribution in [3.8, 4) is 0 Å². The van der Waals surface area contributed by atoms with Crippen LogP contribution in [0.5, 0.6) is 0 Å². The molecule has 0 saturated carbocycles. The van der Waals surface area contributed by atoms with Crippen LogP contribution in [0.1, 0.15) is 67.9 Å². The molecule has 3 unspecified atom stereocenters. The summed E-state index contributed by atoms with van der Waals surface area (Å²) in [6.45, 7) is -3.21. The number of aliphatic carboxylic acids is 6. The van der Waals surface area contributed by atoms with Gasteiger partial charge < -0.3 is 81.2 Å². The summed E-state index contributed by atoms with van der Waals surface area (Å²) < 4.78 is 0. The smallest absolute Gasteiger partial charge is 0.549 e. The van der Waals surface area contributed by atoms with Crippen molar-refractivity contribution in [2.24, 2.45) is 0 Å². The molecule has 1 rings (SSSR count). The molecule has 0 aromatic heterocycles. The molecular weight excluding hydrogens is 1090 g/mol. The Kier molecular flexibility index (Phi) is 44.4. The first-order valence-corrected chi connectivity index (χ1v) is 22.2. The van der Waals surface area contributed by atoms with E-state index < -0.39 is 98.6 Å². The molecule has 69 heavy (non-hydrogen) atoms. The maximum atomic E-state index is 12.5. The fraction of sp³-hybridized carbons (Fsp3) is 0.619. The molecule has 3 atom stereocenters. The van der Waals surface area contributed by atoms with E-state index in [0.29, 0.717) is 29.3 Å². The zero-order valence-electron chi connectivity index (χ0n) is 35.6. The van der Waals surface area contributed by atoms with Crippen LogP contribution in [0.15, 0.2) is 24.3 Å². The van der Waals surface area contributed by atoms with Crippen molar-refractivity contribution in [1.82, 2.24) is 36.0 Å². The van der Waals surface area contributed by atoms with Crippen LogP contribution in [0.2, 0.25) is 0 Å². The van der Waals surface area contributed by atoms with Gasteiger partial charge in [-0.15, -0.1) is 0 Å². The van der Waals surface area contributed by atoms with E-state index >= 15 is 0 Å². The number of likely N-dealkylation sites (N-methyl/N-ethyl adjacent to an activating group) is 1. The van der Waals surface area contributed by atoms with Crippen molar-refractivity contribution >= 4 is 86.7 Å². The summed E-state index contributed by atoms with van der Waals surface area (Å²) in [6.07, 6.45) is -0.244. The fourth-order valence-corrected chi connectivity index (χ4v) is 7.76. The summed E-state index contributed by atoms with van der Waals surface area (Å²) in [7, 11) is 4.37. The number of hydrogen-bond acceptors (Lipinski definition) is 21. The van der Waals surface area contributed by atoms with Gasteiger partial charge in [-0.3, -0.25) is 33.9 Å². The molecule has 24 nitrogen and oxygen atoms in total. The summed E-state index contributed by atoms with van der Waals surface area (Å²) in [5.41, 5.74) is 0.857. The Labute approximate surface area is 444 Å². The molecule has 0 saturated heterocycles. The number of carbonyl (C=O) groups is 10. The average molecular weight is 1160 g/mol. The van der Waals surface area contributed by atoms with Gasteiger partial charge in [0, 0.05) is 102 Å². The van der Waals surface area contributed by atoms with E-state index in [9.17, 15) is 73.5 Å². The molecule has 0 heterocycles. The number of benzene rings is 1. The second-order valence-electron chi connectivity index (χ2n) is 14.1. The summed E-state index contributed by atoms with van der Waals surface area (Å²) in [5.74, 6) is -9.34. The van der Waals surface area contributed by atoms with Gasteiger partial charge in [-0.1, -0.05) is 63.4 Å². The molecule has 0 aliphatic heterocycles. The van der Waals surface area contributed by atoms with Crippen LogP contribution in [0.25, 0.3) is 0 Å². The number of nitrogens with zero attached hydrogens (tertiary/aromatic N) is 3. The molecule has 1 aromatic carbocycles. The molecule has 27 heteroatoms. The minimum absolute atomic E-state index is 0. The quantitative estimate of drug-likeness (QED) is 0.0270. The Hall–Kier alpha value is -4.22. The molecule has 0 aliphatic carbocycles. The van der Waals surface area contributed by atoms with Gasteiger partial charge in [-0.2, -0.15) is 0 Å². The first-order valence-electron chi connectivity index (χ1n) is 19.7. The summed E-state index contributed by atoms with van der Waals surface area (Å²) >= 11 is 0. The fourth-order valence-electron chi connectivity index (χ4n) is 5.95. The largest absolute Gasteiger partial charge is 3.00 e. The van der Waals surface area contributed by atoms with Crippen molar-refractivity contribution < 1.29 is 119 Å². The molecular formula is C42H69GdN8O16S2-2. The van der Waals surface area contributed by atoms with E-state index in [4.69, 9.17) is 5.11 Å². The van der Waals surface area contributed by atoms with E-state index in [0.717, 1.165) is 9.80 Å². The maximum absolute atomic E-state index is 12.5. The molecule has 0 fully saturated rings. The predicted molar refractivity (Wildman–Crippen MR) is 247 cm³/mol. The number of rotatable bonds is 36. The third-order valence-corrected chi connectivity index (χ3v) is 11.4. The molecule has 1 radical (unpaired) electrons. The zero-order chi connectivity index (χ0) is 48.2. The zero-order valence-corrected chi connectivity index (χ0v) is 39.5. The van der Waals surface area contributed by atoms with Crippen LogP contribution in [0.3, 0.4) is 0 Å². The second-order valence-corrected chi connectivity index (χ2v) is 16.8. The monoisotopic (exact) mass is 1160 g/mol. The number of Topliss-reactive ketones (excluding diaryl/α,β-unsaturated/α-hetero) is 1. The molecule has 0 aliphatic rings. The molecule has 6 N–H and O–H groups in total. The van der Waals surface area contributed by atoms with E-state index in [1.807, 2.05) is 0 Å². The number of carbonyl (C=O) groups excluding carboxylic acids is 9. The van der Waals surface area contributed by atoms with Crippen molar-refractivity contribution in [3.05, 3.63) is 29.8 Å². The van der Waals surface area contributed by atoms with Gasteiger partial charge in [0.05, 0.1) is 41.9 Å². The molecule has 1 aromatic rings. The molecule has 0 bridgehead atoms. The number of anilines is 1. The SMILES string of the molecule is C.C.C.C.CNC(CCC(=O)O)C(=O)NC(CCC(=O)NCCSSCCNC(=O)Nc1ccc(CC(CN(CCN(CC(=O)[O-])CC(=O)[O-])CC(=O)[O-])N(CC(=O)[O-])CC(=O)[O-])cc1)C(C)=O.[Gd+3]. The summed E-state index contributed by atoms with van der Waals surface area (Å²) in [6, 6.07) is 2.86. The molecule has 4 amide bonds. The van der Waals surface area contributed by atoms with Crippen molar-refractivity contribution in [2.75, 3.05) is 89.3 Å². The second kappa shape index (κ2) is 41.6. The van der Waals surface area contributed by atoms with Gasteiger partial charge in [-0.05, 0) is 50.9 Å². The molecule has 395 valence electrons. The van der Waals surface area contributed by atoms with Crippen LogP contribution in [0, 0.1) is 39.9 Å². The number of amides is 4. The Bertz CT molecular complexity index is 1720. The Morgan fingerprint density at radius 3 is 1.58 bits per heavy atom. The van der Waals surface area contributed by atoms with E-state index in [-0.39, 0.29) is 140 Å². The van der Waals surface area contributed by atoms with Crippen molar-refractivity contribution in [1.29, 1.82) is 0 Å².